The van der Waals surface area contributed by atoms with Gasteiger partial charge in [0.05, 0.1) is 13.7 Å². The number of ether oxygens (including phenoxy) is 2. The van der Waals surface area contributed by atoms with Crippen LogP contribution in [0, 0.1) is 6.92 Å². The second-order valence-electron chi connectivity index (χ2n) is 6.09. The van der Waals surface area contributed by atoms with Gasteiger partial charge in [-0.2, -0.15) is 13.9 Å². The molecule has 0 unspecified atom stereocenters. The molecule has 2 aromatic carbocycles. The Hall–Kier alpha value is -3.42. The van der Waals surface area contributed by atoms with E-state index in [0.717, 1.165) is 11.1 Å². The molecule has 0 fully saturated rings. The molecule has 1 amide bonds. The Labute approximate surface area is 160 Å². The van der Waals surface area contributed by atoms with E-state index < -0.39 is 12.5 Å². The highest BCUT2D eigenvalue weighted by Crippen LogP contribution is 2.29. The van der Waals surface area contributed by atoms with Gasteiger partial charge in [-0.3, -0.25) is 9.48 Å². The molecule has 3 aromatic rings. The van der Waals surface area contributed by atoms with Gasteiger partial charge >= 0.3 is 6.61 Å². The number of rotatable bonds is 7. The van der Waals surface area contributed by atoms with Gasteiger partial charge in [0.1, 0.15) is 0 Å². The van der Waals surface area contributed by atoms with Gasteiger partial charge in [-0.15, -0.1) is 0 Å². The van der Waals surface area contributed by atoms with Crippen molar-refractivity contribution in [3.63, 3.8) is 0 Å². The highest BCUT2D eigenvalue weighted by Gasteiger charge is 2.15. The van der Waals surface area contributed by atoms with Crippen molar-refractivity contribution in [2.45, 2.75) is 20.1 Å². The van der Waals surface area contributed by atoms with Gasteiger partial charge in [-0.1, -0.05) is 29.8 Å². The minimum absolute atomic E-state index is 0.0397. The molecule has 28 heavy (non-hydrogen) atoms. The van der Waals surface area contributed by atoms with Crippen molar-refractivity contribution < 1.29 is 23.0 Å². The van der Waals surface area contributed by atoms with Gasteiger partial charge in [-0.05, 0) is 30.7 Å². The van der Waals surface area contributed by atoms with E-state index in [1.54, 1.807) is 16.9 Å². The number of methoxy groups -OCH3 is 1. The summed E-state index contributed by atoms with van der Waals surface area (Å²) in [5, 5.41) is 7.00. The lowest BCUT2D eigenvalue weighted by Crippen LogP contribution is -2.13. The number of alkyl halides is 2. The SMILES string of the molecule is COc1cc(C(=O)Nc2ccn(Cc3cccc(C)c3)n2)ccc1OC(F)F. The minimum atomic E-state index is -2.98. The lowest BCUT2D eigenvalue weighted by Gasteiger charge is -2.11. The molecule has 1 heterocycles. The largest absolute Gasteiger partial charge is 0.493 e. The summed E-state index contributed by atoms with van der Waals surface area (Å²) in [6.07, 6.45) is 1.76. The molecule has 0 saturated carbocycles. The average Bonchev–Trinajstić information content (AvgIpc) is 3.08. The predicted octanol–water partition coefficient (Wildman–Crippen LogP) is 4.10. The first-order valence-electron chi connectivity index (χ1n) is 8.48. The lowest BCUT2D eigenvalue weighted by atomic mass is 10.1. The van der Waals surface area contributed by atoms with Crippen LogP contribution in [0.1, 0.15) is 21.5 Å². The topological polar surface area (TPSA) is 65.4 Å². The minimum Gasteiger partial charge on any atom is -0.493 e. The zero-order valence-electron chi connectivity index (χ0n) is 15.4. The predicted molar refractivity (Wildman–Crippen MR) is 100 cm³/mol. The fourth-order valence-corrected chi connectivity index (χ4v) is 2.70. The molecular formula is C20H19F2N3O3. The number of anilines is 1. The van der Waals surface area contributed by atoms with Crippen LogP contribution in [0.3, 0.4) is 0 Å². The Balaban J connectivity index is 1.69. The van der Waals surface area contributed by atoms with Crippen molar-refractivity contribution >= 4 is 11.7 Å². The second kappa shape index (κ2) is 8.51. The molecule has 0 spiro atoms. The number of benzene rings is 2. The number of hydrogen-bond donors (Lipinski definition) is 1. The van der Waals surface area contributed by atoms with Gasteiger partial charge in [0.25, 0.3) is 5.91 Å². The standard InChI is InChI=1S/C20H19F2N3O3/c1-13-4-3-5-14(10-13)12-25-9-8-18(24-25)23-19(26)15-6-7-16(28-20(21)22)17(11-15)27-2/h3-11,20H,12H2,1-2H3,(H,23,24,26). The summed E-state index contributed by atoms with van der Waals surface area (Å²) >= 11 is 0. The van der Waals surface area contributed by atoms with Gasteiger partial charge < -0.3 is 14.8 Å². The number of nitrogens with one attached hydrogen (secondary N) is 1. The normalized spacial score (nSPS) is 10.8. The summed E-state index contributed by atoms with van der Waals surface area (Å²) in [6.45, 7) is -0.388. The molecule has 8 heteroatoms. The third-order valence-corrected chi connectivity index (χ3v) is 3.95. The van der Waals surface area contributed by atoms with E-state index in [0.29, 0.717) is 12.4 Å². The van der Waals surface area contributed by atoms with Crippen molar-refractivity contribution in [1.29, 1.82) is 0 Å². The Kier molecular flexibility index (Phi) is 5.88. The number of nitrogens with zero attached hydrogens (tertiary/aromatic N) is 2. The molecule has 3 rings (SSSR count). The Morgan fingerprint density at radius 1 is 1.18 bits per heavy atom. The zero-order chi connectivity index (χ0) is 20.1. The highest BCUT2D eigenvalue weighted by molar-refractivity contribution is 6.04. The van der Waals surface area contributed by atoms with E-state index in [-0.39, 0.29) is 17.1 Å². The van der Waals surface area contributed by atoms with Crippen LogP contribution < -0.4 is 14.8 Å². The molecule has 1 aromatic heterocycles. The molecule has 6 nitrogen and oxygen atoms in total. The smallest absolute Gasteiger partial charge is 0.387 e. The van der Waals surface area contributed by atoms with Crippen LogP contribution in [0.15, 0.2) is 54.7 Å². The molecule has 146 valence electrons. The van der Waals surface area contributed by atoms with E-state index in [1.807, 2.05) is 25.1 Å². The lowest BCUT2D eigenvalue weighted by molar-refractivity contribution is -0.0512. The molecule has 0 aliphatic rings. The van der Waals surface area contributed by atoms with Crippen LogP contribution in [0.5, 0.6) is 11.5 Å². The fourth-order valence-electron chi connectivity index (χ4n) is 2.70. The quantitative estimate of drug-likeness (QED) is 0.663. The third-order valence-electron chi connectivity index (χ3n) is 3.95. The number of carbonyl (C=O) groups excluding carboxylic acids is 1. The van der Waals surface area contributed by atoms with E-state index in [4.69, 9.17) is 4.74 Å². The van der Waals surface area contributed by atoms with Gasteiger partial charge in [0, 0.05) is 17.8 Å². The number of carbonyl (C=O) groups is 1. The first kappa shape index (κ1) is 19.3. The molecule has 0 aliphatic carbocycles. The van der Waals surface area contributed by atoms with Crippen LogP contribution >= 0.6 is 0 Å². The first-order valence-corrected chi connectivity index (χ1v) is 8.48. The summed E-state index contributed by atoms with van der Waals surface area (Å²) in [4.78, 5) is 12.4. The summed E-state index contributed by atoms with van der Waals surface area (Å²) in [5.41, 5.74) is 2.48. The number of aromatic nitrogens is 2. The number of halogens is 2. The summed E-state index contributed by atoms with van der Waals surface area (Å²) in [5.74, 6) is -0.165. The second-order valence-corrected chi connectivity index (χ2v) is 6.09. The van der Waals surface area contributed by atoms with Crippen molar-refractivity contribution in [2.75, 3.05) is 12.4 Å². The zero-order valence-corrected chi connectivity index (χ0v) is 15.4. The van der Waals surface area contributed by atoms with Crippen molar-refractivity contribution in [3.05, 3.63) is 71.4 Å². The summed E-state index contributed by atoms with van der Waals surface area (Å²) in [6, 6.07) is 13.7. The first-order chi connectivity index (χ1) is 13.4. The average molecular weight is 387 g/mol. The maximum Gasteiger partial charge on any atom is 0.387 e. The van der Waals surface area contributed by atoms with Crippen LogP contribution in [-0.2, 0) is 6.54 Å². The number of amides is 1. The van der Waals surface area contributed by atoms with Crippen molar-refractivity contribution in [2.24, 2.45) is 0 Å². The maximum absolute atomic E-state index is 12.4. The van der Waals surface area contributed by atoms with Crippen LogP contribution in [0.2, 0.25) is 0 Å². The number of aryl methyl sites for hydroxylation is 1. The monoisotopic (exact) mass is 387 g/mol. The van der Waals surface area contributed by atoms with Gasteiger partial charge in [-0.25, -0.2) is 0 Å². The molecule has 0 aliphatic heterocycles. The molecular weight excluding hydrogens is 368 g/mol. The molecule has 0 bridgehead atoms. The molecule has 0 atom stereocenters. The van der Waals surface area contributed by atoms with Gasteiger partial charge in [0.15, 0.2) is 17.3 Å². The summed E-state index contributed by atoms with van der Waals surface area (Å²) < 4.78 is 35.9. The van der Waals surface area contributed by atoms with Crippen LogP contribution in [-0.4, -0.2) is 29.4 Å². The summed E-state index contributed by atoms with van der Waals surface area (Å²) in [7, 11) is 1.31. The fraction of sp³-hybridized carbons (Fsp3) is 0.200. The Morgan fingerprint density at radius 2 is 2.00 bits per heavy atom. The number of hydrogen-bond acceptors (Lipinski definition) is 4. The van der Waals surface area contributed by atoms with Gasteiger partial charge in [0.2, 0.25) is 0 Å². The molecule has 0 radical (unpaired) electrons. The highest BCUT2D eigenvalue weighted by atomic mass is 19.3. The maximum atomic E-state index is 12.4. The van der Waals surface area contributed by atoms with Crippen molar-refractivity contribution in [3.8, 4) is 11.5 Å². The van der Waals surface area contributed by atoms with E-state index in [1.165, 1.54) is 25.3 Å². The third kappa shape index (κ3) is 4.85. The molecule has 1 N–H and O–H groups in total. The van der Waals surface area contributed by atoms with Crippen molar-refractivity contribution in [1.82, 2.24) is 9.78 Å². The molecule has 0 saturated heterocycles. The van der Waals surface area contributed by atoms with Crippen LogP contribution in [0.25, 0.3) is 0 Å². The Bertz CT molecular complexity index is 973. The Morgan fingerprint density at radius 3 is 2.71 bits per heavy atom. The van der Waals surface area contributed by atoms with E-state index in [9.17, 15) is 13.6 Å². The van der Waals surface area contributed by atoms with Crippen LogP contribution in [0.4, 0.5) is 14.6 Å². The van der Waals surface area contributed by atoms with E-state index >= 15 is 0 Å². The van der Waals surface area contributed by atoms with E-state index in [2.05, 4.69) is 21.2 Å².